The summed E-state index contributed by atoms with van der Waals surface area (Å²) >= 11 is 5.42. The van der Waals surface area contributed by atoms with Crippen LogP contribution in [-0.2, 0) is 0 Å². The zero-order valence-corrected chi connectivity index (χ0v) is 12.7. The Hall–Kier alpha value is -0.610. The van der Waals surface area contributed by atoms with Crippen molar-refractivity contribution in [2.75, 3.05) is 40.3 Å². The van der Waals surface area contributed by atoms with E-state index in [0.29, 0.717) is 5.92 Å². The molecule has 100 valence electrons. The van der Waals surface area contributed by atoms with Gasteiger partial charge < -0.3 is 15.1 Å². The van der Waals surface area contributed by atoms with Crippen LogP contribution in [0.3, 0.4) is 0 Å². The molecule has 0 saturated carbocycles. The van der Waals surface area contributed by atoms with Gasteiger partial charge in [0.25, 0.3) is 0 Å². The number of nitrogens with zero attached hydrogens (tertiary/aromatic N) is 2. The molecular formula is C13H27N3S. The van der Waals surface area contributed by atoms with Crippen LogP contribution in [0.4, 0.5) is 0 Å². The van der Waals surface area contributed by atoms with Crippen molar-refractivity contribution >= 4 is 17.3 Å². The van der Waals surface area contributed by atoms with E-state index in [1.165, 1.54) is 0 Å². The molecule has 3 nitrogen and oxygen atoms in total. The average Bonchev–Trinajstić information content (AvgIpc) is 2.19. The summed E-state index contributed by atoms with van der Waals surface area (Å²) < 4.78 is 0. The first-order chi connectivity index (χ1) is 7.82. The lowest BCUT2D eigenvalue weighted by atomic mass is 10.2. The van der Waals surface area contributed by atoms with Crippen LogP contribution >= 0.6 is 12.2 Å². The molecule has 1 N–H and O–H groups in total. The summed E-state index contributed by atoms with van der Waals surface area (Å²) in [5.74, 6) is 0.613. The number of hydrogen-bond acceptors (Lipinski definition) is 2. The fourth-order valence-corrected chi connectivity index (χ4v) is 1.61. The molecule has 0 saturated heterocycles. The zero-order valence-electron chi connectivity index (χ0n) is 11.9. The standard InChI is InChI=1S/C13H27N3S/c1-11(2)9-14-13(17)16(10-12(3)4)8-7-15(5)6/h12H,1,7-10H2,2-6H3,(H,14,17). The average molecular weight is 257 g/mol. The van der Waals surface area contributed by atoms with Crippen molar-refractivity contribution in [3.05, 3.63) is 12.2 Å². The van der Waals surface area contributed by atoms with Crippen LogP contribution < -0.4 is 5.32 Å². The molecule has 0 aliphatic carbocycles. The minimum absolute atomic E-state index is 0.613. The Labute approximate surface area is 112 Å². The summed E-state index contributed by atoms with van der Waals surface area (Å²) in [7, 11) is 4.16. The molecule has 0 heterocycles. The predicted molar refractivity (Wildman–Crippen MR) is 80.4 cm³/mol. The van der Waals surface area contributed by atoms with Gasteiger partial charge in [-0.05, 0) is 39.2 Å². The predicted octanol–water partition coefficient (Wildman–Crippen LogP) is 1.96. The Kier molecular flexibility index (Phi) is 8.17. The lowest BCUT2D eigenvalue weighted by Gasteiger charge is -2.28. The van der Waals surface area contributed by atoms with E-state index in [2.05, 4.69) is 49.6 Å². The summed E-state index contributed by atoms with van der Waals surface area (Å²) in [5.41, 5.74) is 1.10. The van der Waals surface area contributed by atoms with Gasteiger partial charge in [-0.3, -0.25) is 0 Å². The maximum atomic E-state index is 5.42. The highest BCUT2D eigenvalue weighted by atomic mass is 32.1. The Balaban J connectivity index is 4.24. The molecule has 0 radical (unpaired) electrons. The maximum Gasteiger partial charge on any atom is 0.169 e. The molecule has 17 heavy (non-hydrogen) atoms. The Morgan fingerprint density at radius 2 is 1.88 bits per heavy atom. The fourth-order valence-electron chi connectivity index (χ4n) is 1.38. The monoisotopic (exact) mass is 257 g/mol. The van der Waals surface area contributed by atoms with Crippen LogP contribution in [0.15, 0.2) is 12.2 Å². The van der Waals surface area contributed by atoms with Gasteiger partial charge in [0.1, 0.15) is 0 Å². The van der Waals surface area contributed by atoms with Gasteiger partial charge in [-0.15, -0.1) is 0 Å². The molecule has 0 aliphatic rings. The Morgan fingerprint density at radius 1 is 1.29 bits per heavy atom. The van der Waals surface area contributed by atoms with Crippen molar-refractivity contribution in [3.63, 3.8) is 0 Å². The first-order valence-corrected chi connectivity index (χ1v) is 6.55. The molecule has 0 fully saturated rings. The van der Waals surface area contributed by atoms with Gasteiger partial charge in [0.15, 0.2) is 5.11 Å². The highest BCUT2D eigenvalue weighted by Crippen LogP contribution is 2.00. The van der Waals surface area contributed by atoms with E-state index in [4.69, 9.17) is 12.2 Å². The zero-order chi connectivity index (χ0) is 13.4. The minimum atomic E-state index is 0.613. The van der Waals surface area contributed by atoms with E-state index in [-0.39, 0.29) is 0 Å². The van der Waals surface area contributed by atoms with Gasteiger partial charge in [-0.1, -0.05) is 26.0 Å². The normalized spacial score (nSPS) is 10.8. The SMILES string of the molecule is C=C(C)CNC(=S)N(CCN(C)C)CC(C)C. The fraction of sp³-hybridized carbons (Fsp3) is 0.769. The topological polar surface area (TPSA) is 18.5 Å². The first-order valence-electron chi connectivity index (χ1n) is 6.14. The highest BCUT2D eigenvalue weighted by molar-refractivity contribution is 7.80. The van der Waals surface area contributed by atoms with Crippen molar-refractivity contribution < 1.29 is 0 Å². The van der Waals surface area contributed by atoms with Crippen molar-refractivity contribution in [3.8, 4) is 0 Å². The van der Waals surface area contributed by atoms with Crippen LogP contribution in [0.1, 0.15) is 20.8 Å². The lowest BCUT2D eigenvalue weighted by Crippen LogP contribution is -2.44. The second-order valence-electron chi connectivity index (χ2n) is 5.26. The van der Waals surface area contributed by atoms with E-state index in [0.717, 1.165) is 36.9 Å². The molecule has 0 aromatic rings. The molecule has 0 bridgehead atoms. The first kappa shape index (κ1) is 16.4. The Bertz CT molecular complexity index is 249. The molecule has 0 unspecified atom stereocenters. The molecule has 0 aromatic heterocycles. The molecule has 0 rings (SSSR count). The van der Waals surface area contributed by atoms with E-state index in [1.54, 1.807) is 0 Å². The number of hydrogen-bond donors (Lipinski definition) is 1. The van der Waals surface area contributed by atoms with Crippen molar-refractivity contribution in [2.24, 2.45) is 5.92 Å². The second-order valence-corrected chi connectivity index (χ2v) is 5.65. The molecular weight excluding hydrogens is 230 g/mol. The smallest absolute Gasteiger partial charge is 0.169 e. The lowest BCUT2D eigenvalue weighted by molar-refractivity contribution is 0.305. The second kappa shape index (κ2) is 8.48. The van der Waals surface area contributed by atoms with Crippen LogP contribution in [0.2, 0.25) is 0 Å². The number of rotatable bonds is 7. The molecule has 0 amide bonds. The highest BCUT2D eigenvalue weighted by Gasteiger charge is 2.11. The van der Waals surface area contributed by atoms with Crippen LogP contribution in [-0.4, -0.2) is 55.2 Å². The third-order valence-corrected chi connectivity index (χ3v) is 2.63. The van der Waals surface area contributed by atoms with Crippen LogP contribution in [0.25, 0.3) is 0 Å². The van der Waals surface area contributed by atoms with Gasteiger partial charge in [-0.2, -0.15) is 0 Å². The molecule has 0 spiro atoms. The molecule has 4 heteroatoms. The van der Waals surface area contributed by atoms with E-state index < -0.39 is 0 Å². The quantitative estimate of drug-likeness (QED) is 0.555. The van der Waals surface area contributed by atoms with Crippen molar-refractivity contribution in [1.29, 1.82) is 0 Å². The van der Waals surface area contributed by atoms with Crippen LogP contribution in [0, 0.1) is 5.92 Å². The molecule has 0 aromatic carbocycles. The van der Waals surface area contributed by atoms with Gasteiger partial charge in [0, 0.05) is 26.2 Å². The largest absolute Gasteiger partial charge is 0.359 e. The number of nitrogens with one attached hydrogen (secondary N) is 1. The van der Waals surface area contributed by atoms with Gasteiger partial charge in [0.05, 0.1) is 0 Å². The number of thiocarbonyl (C=S) groups is 1. The molecule has 0 atom stereocenters. The third kappa shape index (κ3) is 9.12. The Morgan fingerprint density at radius 3 is 2.29 bits per heavy atom. The van der Waals surface area contributed by atoms with Gasteiger partial charge in [0.2, 0.25) is 0 Å². The maximum absolute atomic E-state index is 5.42. The number of likely N-dealkylation sites (N-methyl/N-ethyl adjacent to an activating group) is 1. The van der Waals surface area contributed by atoms with E-state index in [1.807, 2.05) is 6.92 Å². The van der Waals surface area contributed by atoms with Gasteiger partial charge in [-0.25, -0.2) is 0 Å². The van der Waals surface area contributed by atoms with Crippen molar-refractivity contribution in [2.45, 2.75) is 20.8 Å². The van der Waals surface area contributed by atoms with E-state index >= 15 is 0 Å². The van der Waals surface area contributed by atoms with Crippen molar-refractivity contribution in [1.82, 2.24) is 15.1 Å². The summed E-state index contributed by atoms with van der Waals surface area (Å²) in [5, 5.41) is 4.09. The minimum Gasteiger partial charge on any atom is -0.359 e. The van der Waals surface area contributed by atoms with E-state index in [9.17, 15) is 0 Å². The summed E-state index contributed by atoms with van der Waals surface area (Å²) in [6.45, 7) is 14.0. The summed E-state index contributed by atoms with van der Waals surface area (Å²) in [6, 6.07) is 0. The third-order valence-electron chi connectivity index (χ3n) is 2.23. The summed E-state index contributed by atoms with van der Waals surface area (Å²) in [6.07, 6.45) is 0. The van der Waals surface area contributed by atoms with Crippen LogP contribution in [0.5, 0.6) is 0 Å². The summed E-state index contributed by atoms with van der Waals surface area (Å²) in [4.78, 5) is 4.41. The van der Waals surface area contributed by atoms with Gasteiger partial charge >= 0.3 is 0 Å². The molecule has 0 aliphatic heterocycles.